The standard InChI is InChI=1S/C18H20F3N3O3/c1-25-13-6-4-7-14(12-13)26-11-5-10-23-17(22)24-15-8-2-3-9-16(15)27-18(19,20)21/h2-4,6-9,12H,5,10-11H2,1H3,(H3,22,23,24). The van der Waals surface area contributed by atoms with Gasteiger partial charge in [0.05, 0.1) is 19.4 Å². The number of para-hydroxylation sites is 2. The predicted molar refractivity (Wildman–Crippen MR) is 96.3 cm³/mol. The van der Waals surface area contributed by atoms with Crippen molar-refractivity contribution < 1.29 is 27.4 Å². The molecule has 2 rings (SSSR count). The lowest BCUT2D eigenvalue weighted by molar-refractivity contribution is -0.274. The van der Waals surface area contributed by atoms with Crippen LogP contribution < -0.4 is 25.3 Å². The summed E-state index contributed by atoms with van der Waals surface area (Å²) in [6.07, 6.45) is -4.22. The molecule has 0 aliphatic carbocycles. The van der Waals surface area contributed by atoms with E-state index in [4.69, 9.17) is 15.2 Å². The van der Waals surface area contributed by atoms with Crippen molar-refractivity contribution in [1.82, 2.24) is 0 Å². The van der Waals surface area contributed by atoms with Crippen molar-refractivity contribution in [2.45, 2.75) is 12.8 Å². The van der Waals surface area contributed by atoms with Crippen molar-refractivity contribution >= 4 is 11.6 Å². The molecule has 2 aromatic rings. The second-order valence-electron chi connectivity index (χ2n) is 5.32. The highest BCUT2D eigenvalue weighted by Gasteiger charge is 2.32. The van der Waals surface area contributed by atoms with E-state index in [1.54, 1.807) is 25.3 Å². The van der Waals surface area contributed by atoms with Crippen LogP contribution in [-0.2, 0) is 0 Å². The van der Waals surface area contributed by atoms with Gasteiger partial charge in [-0.15, -0.1) is 13.2 Å². The van der Waals surface area contributed by atoms with E-state index in [-0.39, 0.29) is 17.4 Å². The highest BCUT2D eigenvalue weighted by Crippen LogP contribution is 2.29. The Labute approximate surface area is 154 Å². The number of guanidine groups is 1. The summed E-state index contributed by atoms with van der Waals surface area (Å²) in [6, 6.07) is 12.8. The van der Waals surface area contributed by atoms with Crippen molar-refractivity contribution in [3.63, 3.8) is 0 Å². The fourth-order valence-electron chi connectivity index (χ4n) is 2.11. The zero-order valence-electron chi connectivity index (χ0n) is 14.6. The van der Waals surface area contributed by atoms with E-state index >= 15 is 0 Å². The maximum atomic E-state index is 12.4. The maximum absolute atomic E-state index is 12.4. The van der Waals surface area contributed by atoms with Crippen LogP contribution in [0, 0.1) is 0 Å². The Morgan fingerprint density at radius 1 is 1.11 bits per heavy atom. The highest BCUT2D eigenvalue weighted by molar-refractivity contribution is 5.93. The summed E-state index contributed by atoms with van der Waals surface area (Å²) < 4.78 is 51.8. The third-order valence-corrected chi connectivity index (χ3v) is 3.27. The van der Waals surface area contributed by atoms with Crippen LogP contribution in [0.2, 0.25) is 0 Å². The molecule has 146 valence electrons. The third-order valence-electron chi connectivity index (χ3n) is 3.27. The molecule has 0 aliphatic rings. The number of hydrogen-bond acceptors (Lipinski definition) is 4. The van der Waals surface area contributed by atoms with Gasteiger partial charge in [0.15, 0.2) is 11.7 Å². The molecule has 9 heteroatoms. The zero-order valence-corrected chi connectivity index (χ0v) is 14.6. The van der Waals surface area contributed by atoms with Crippen molar-refractivity contribution in [3.05, 3.63) is 48.5 Å². The summed E-state index contributed by atoms with van der Waals surface area (Å²) in [5.41, 5.74) is 5.79. The number of nitrogens with two attached hydrogens (primary N) is 1. The summed E-state index contributed by atoms with van der Waals surface area (Å²) in [6.45, 7) is 0.739. The molecule has 0 aromatic heterocycles. The quantitative estimate of drug-likeness (QED) is 0.412. The summed E-state index contributed by atoms with van der Waals surface area (Å²) in [5, 5.41) is 2.60. The topological polar surface area (TPSA) is 78.1 Å². The molecule has 0 spiro atoms. The highest BCUT2D eigenvalue weighted by atomic mass is 19.4. The van der Waals surface area contributed by atoms with Gasteiger partial charge in [-0.25, -0.2) is 0 Å². The lowest BCUT2D eigenvalue weighted by atomic mass is 10.3. The molecule has 0 aliphatic heterocycles. The van der Waals surface area contributed by atoms with E-state index in [1.807, 2.05) is 12.1 Å². The Morgan fingerprint density at radius 3 is 2.59 bits per heavy atom. The molecule has 0 saturated carbocycles. The van der Waals surface area contributed by atoms with Gasteiger partial charge < -0.3 is 25.3 Å². The van der Waals surface area contributed by atoms with E-state index in [9.17, 15) is 13.2 Å². The molecule has 0 fully saturated rings. The van der Waals surface area contributed by atoms with E-state index in [1.165, 1.54) is 18.2 Å². The van der Waals surface area contributed by atoms with Crippen LogP contribution in [0.15, 0.2) is 53.5 Å². The van der Waals surface area contributed by atoms with Gasteiger partial charge in [0, 0.05) is 19.0 Å². The van der Waals surface area contributed by atoms with Crippen LogP contribution in [0.1, 0.15) is 6.42 Å². The van der Waals surface area contributed by atoms with Gasteiger partial charge >= 0.3 is 6.36 Å². The molecular formula is C18H20F3N3O3. The molecule has 2 aromatic carbocycles. The molecular weight excluding hydrogens is 363 g/mol. The summed E-state index contributed by atoms with van der Waals surface area (Å²) in [4.78, 5) is 4.06. The van der Waals surface area contributed by atoms with Crippen LogP contribution in [0.5, 0.6) is 17.2 Å². The molecule has 0 heterocycles. The first-order valence-corrected chi connectivity index (χ1v) is 8.06. The van der Waals surface area contributed by atoms with Crippen molar-refractivity contribution in [1.29, 1.82) is 0 Å². The summed E-state index contributed by atoms with van der Waals surface area (Å²) in [5.74, 6) is 0.959. The fourth-order valence-corrected chi connectivity index (χ4v) is 2.11. The molecule has 0 atom stereocenters. The molecule has 0 saturated heterocycles. The molecule has 3 N–H and O–H groups in total. The van der Waals surface area contributed by atoms with Gasteiger partial charge in [0.25, 0.3) is 0 Å². The second kappa shape index (κ2) is 9.56. The predicted octanol–water partition coefficient (Wildman–Crippen LogP) is 3.79. The van der Waals surface area contributed by atoms with Crippen LogP contribution >= 0.6 is 0 Å². The number of nitrogens with zero attached hydrogens (tertiary/aromatic N) is 1. The smallest absolute Gasteiger partial charge is 0.497 e. The molecule has 27 heavy (non-hydrogen) atoms. The largest absolute Gasteiger partial charge is 0.573 e. The molecule has 0 unspecified atom stereocenters. The van der Waals surface area contributed by atoms with Crippen LogP contribution in [-0.4, -0.2) is 32.6 Å². The number of alkyl halides is 3. The normalized spacial score (nSPS) is 11.8. The number of nitrogens with one attached hydrogen (secondary N) is 1. The van der Waals surface area contributed by atoms with Gasteiger partial charge in [0.1, 0.15) is 11.5 Å². The monoisotopic (exact) mass is 383 g/mol. The van der Waals surface area contributed by atoms with Crippen molar-refractivity contribution in [2.24, 2.45) is 10.7 Å². The van der Waals surface area contributed by atoms with Gasteiger partial charge in [-0.1, -0.05) is 18.2 Å². The summed E-state index contributed by atoms with van der Waals surface area (Å²) in [7, 11) is 1.57. The van der Waals surface area contributed by atoms with Crippen LogP contribution in [0.4, 0.5) is 18.9 Å². The van der Waals surface area contributed by atoms with Gasteiger partial charge in [-0.3, -0.25) is 4.99 Å². The minimum absolute atomic E-state index is 0.0189. The Balaban J connectivity index is 1.81. The van der Waals surface area contributed by atoms with Crippen LogP contribution in [0.3, 0.4) is 0 Å². The number of methoxy groups -OCH3 is 1. The maximum Gasteiger partial charge on any atom is 0.573 e. The van der Waals surface area contributed by atoms with E-state index < -0.39 is 6.36 Å². The first kappa shape index (κ1) is 20.2. The molecule has 0 radical (unpaired) electrons. The average Bonchev–Trinajstić information content (AvgIpc) is 2.62. The number of hydrogen-bond donors (Lipinski definition) is 2. The first-order valence-electron chi connectivity index (χ1n) is 8.06. The Hall–Kier alpha value is -3.10. The van der Waals surface area contributed by atoms with E-state index in [0.29, 0.717) is 31.1 Å². The van der Waals surface area contributed by atoms with E-state index in [0.717, 1.165) is 0 Å². The molecule has 0 amide bonds. The number of aliphatic imine (C=N–C) groups is 1. The lowest BCUT2D eigenvalue weighted by Gasteiger charge is -2.14. The second-order valence-corrected chi connectivity index (χ2v) is 5.32. The summed E-state index contributed by atoms with van der Waals surface area (Å²) >= 11 is 0. The first-order chi connectivity index (χ1) is 12.9. The number of benzene rings is 2. The van der Waals surface area contributed by atoms with E-state index in [2.05, 4.69) is 15.0 Å². The Morgan fingerprint density at radius 2 is 1.85 bits per heavy atom. The molecule has 6 nitrogen and oxygen atoms in total. The number of halogens is 3. The fraction of sp³-hybridized carbons (Fsp3) is 0.278. The SMILES string of the molecule is COc1cccc(OCCCN=C(N)Nc2ccccc2OC(F)(F)F)c1. The lowest BCUT2D eigenvalue weighted by Crippen LogP contribution is -2.24. The third kappa shape index (κ3) is 7.35. The van der Waals surface area contributed by atoms with Gasteiger partial charge in [-0.05, 0) is 24.3 Å². The van der Waals surface area contributed by atoms with Gasteiger partial charge in [-0.2, -0.15) is 0 Å². The van der Waals surface area contributed by atoms with Crippen molar-refractivity contribution in [2.75, 3.05) is 25.6 Å². The zero-order chi connectivity index (χ0) is 19.7. The number of ether oxygens (including phenoxy) is 3. The Kier molecular flexibility index (Phi) is 7.16. The van der Waals surface area contributed by atoms with Gasteiger partial charge in [0.2, 0.25) is 0 Å². The average molecular weight is 383 g/mol. The molecule has 0 bridgehead atoms. The number of anilines is 1. The van der Waals surface area contributed by atoms with Crippen molar-refractivity contribution in [3.8, 4) is 17.2 Å². The minimum Gasteiger partial charge on any atom is -0.497 e. The number of rotatable bonds is 8. The Bertz CT molecular complexity index is 767. The van der Waals surface area contributed by atoms with Crippen LogP contribution in [0.25, 0.3) is 0 Å². The minimum atomic E-state index is -4.79.